The molecule has 0 saturated carbocycles. The van der Waals surface area contributed by atoms with Crippen LogP contribution in [0.5, 0.6) is 5.75 Å². The fourth-order valence-electron chi connectivity index (χ4n) is 2.69. The van der Waals surface area contributed by atoms with Crippen molar-refractivity contribution in [2.45, 2.75) is 6.61 Å². The minimum absolute atomic E-state index is 0.0138. The van der Waals surface area contributed by atoms with Gasteiger partial charge in [-0.05, 0) is 17.7 Å². The number of nitrogens with one attached hydrogen (secondary N) is 1. The summed E-state index contributed by atoms with van der Waals surface area (Å²) < 4.78 is 7.11. The first-order chi connectivity index (χ1) is 12.4. The Labute approximate surface area is 155 Å². The standard InChI is InChI=1S/C18H18ClN3O4/c1-21-9-16(26-11-12-3-2-4-13(19)7-12)15(23)8-14(21)18(25)22-6-5-20-17(24)10-22/h2-4,7-9H,5-6,10-11H2,1H3,(H,20,24). The number of rotatable bonds is 4. The van der Waals surface area contributed by atoms with Gasteiger partial charge in [-0.3, -0.25) is 14.4 Å². The number of hydrogen-bond donors (Lipinski definition) is 1. The van der Waals surface area contributed by atoms with Crippen molar-refractivity contribution >= 4 is 23.4 Å². The number of aryl methyl sites for hydroxylation is 1. The van der Waals surface area contributed by atoms with Crippen LogP contribution in [0.15, 0.2) is 41.3 Å². The largest absolute Gasteiger partial charge is 0.483 e. The van der Waals surface area contributed by atoms with Crippen LogP contribution in [0.2, 0.25) is 5.02 Å². The number of carbonyl (C=O) groups excluding carboxylic acids is 2. The molecule has 2 heterocycles. The van der Waals surface area contributed by atoms with Crippen molar-refractivity contribution in [3.63, 3.8) is 0 Å². The van der Waals surface area contributed by atoms with Gasteiger partial charge in [-0.15, -0.1) is 0 Å². The average Bonchev–Trinajstić information content (AvgIpc) is 2.61. The summed E-state index contributed by atoms with van der Waals surface area (Å²) in [7, 11) is 1.66. The second-order valence-electron chi connectivity index (χ2n) is 5.99. The maximum atomic E-state index is 12.6. The zero-order valence-electron chi connectivity index (χ0n) is 14.2. The average molecular weight is 376 g/mol. The summed E-state index contributed by atoms with van der Waals surface area (Å²) in [5.41, 5.74) is 0.647. The third-order valence-corrected chi connectivity index (χ3v) is 4.26. The first-order valence-electron chi connectivity index (χ1n) is 8.08. The van der Waals surface area contributed by atoms with Gasteiger partial charge in [-0.2, -0.15) is 0 Å². The normalized spacial score (nSPS) is 14.1. The van der Waals surface area contributed by atoms with E-state index in [0.29, 0.717) is 18.1 Å². The highest BCUT2D eigenvalue weighted by Gasteiger charge is 2.24. The molecule has 1 saturated heterocycles. The second-order valence-corrected chi connectivity index (χ2v) is 6.43. The Morgan fingerprint density at radius 3 is 2.85 bits per heavy atom. The van der Waals surface area contributed by atoms with Crippen LogP contribution in [0, 0.1) is 0 Å². The summed E-state index contributed by atoms with van der Waals surface area (Å²) >= 11 is 5.93. The first-order valence-corrected chi connectivity index (χ1v) is 8.46. The maximum Gasteiger partial charge on any atom is 0.271 e. The molecular formula is C18H18ClN3O4. The van der Waals surface area contributed by atoms with Crippen LogP contribution >= 0.6 is 11.6 Å². The van der Waals surface area contributed by atoms with E-state index in [1.165, 1.54) is 21.7 Å². The van der Waals surface area contributed by atoms with E-state index in [1.807, 2.05) is 6.07 Å². The molecule has 3 rings (SSSR count). The molecule has 2 aromatic rings. The Balaban J connectivity index is 1.76. The molecular weight excluding hydrogens is 358 g/mol. The fourth-order valence-corrected chi connectivity index (χ4v) is 2.90. The zero-order valence-corrected chi connectivity index (χ0v) is 15.0. The lowest BCUT2D eigenvalue weighted by molar-refractivity contribution is -0.123. The molecule has 1 N–H and O–H groups in total. The molecule has 2 amide bonds. The highest BCUT2D eigenvalue weighted by molar-refractivity contribution is 6.30. The Bertz CT molecular complexity index is 910. The Hall–Kier alpha value is -2.80. The molecule has 1 aromatic heterocycles. The van der Waals surface area contributed by atoms with E-state index in [-0.39, 0.29) is 36.4 Å². The lowest BCUT2D eigenvalue weighted by atomic mass is 10.2. The highest BCUT2D eigenvalue weighted by Crippen LogP contribution is 2.14. The summed E-state index contributed by atoms with van der Waals surface area (Å²) in [5, 5.41) is 3.25. The molecule has 136 valence electrons. The Morgan fingerprint density at radius 2 is 2.12 bits per heavy atom. The number of pyridine rings is 1. The lowest BCUT2D eigenvalue weighted by Gasteiger charge is -2.27. The predicted molar refractivity (Wildman–Crippen MR) is 96.4 cm³/mol. The molecule has 26 heavy (non-hydrogen) atoms. The highest BCUT2D eigenvalue weighted by atomic mass is 35.5. The number of carbonyl (C=O) groups is 2. The van der Waals surface area contributed by atoms with Crippen LogP contribution in [-0.4, -0.2) is 40.9 Å². The summed E-state index contributed by atoms with van der Waals surface area (Å²) in [6, 6.07) is 8.39. The van der Waals surface area contributed by atoms with Crippen LogP contribution in [0.1, 0.15) is 16.1 Å². The molecule has 1 aliphatic heterocycles. The number of nitrogens with zero attached hydrogens (tertiary/aromatic N) is 2. The number of benzene rings is 1. The SMILES string of the molecule is Cn1cc(OCc2cccc(Cl)c2)c(=O)cc1C(=O)N1CCNC(=O)C1. The molecule has 1 fully saturated rings. The van der Waals surface area contributed by atoms with Crippen LogP contribution in [0.3, 0.4) is 0 Å². The van der Waals surface area contributed by atoms with E-state index in [0.717, 1.165) is 5.56 Å². The van der Waals surface area contributed by atoms with Crippen LogP contribution in [0.4, 0.5) is 0 Å². The van der Waals surface area contributed by atoms with Crippen LogP contribution < -0.4 is 15.5 Å². The number of piperazine rings is 1. The molecule has 8 heteroatoms. The zero-order chi connectivity index (χ0) is 18.7. The number of aromatic nitrogens is 1. The molecule has 0 bridgehead atoms. The van der Waals surface area contributed by atoms with Gasteiger partial charge in [0.25, 0.3) is 5.91 Å². The van der Waals surface area contributed by atoms with Gasteiger partial charge in [-0.1, -0.05) is 23.7 Å². The van der Waals surface area contributed by atoms with Gasteiger partial charge >= 0.3 is 0 Å². The minimum atomic E-state index is -0.394. The van der Waals surface area contributed by atoms with E-state index < -0.39 is 5.43 Å². The number of hydrogen-bond acceptors (Lipinski definition) is 4. The van der Waals surface area contributed by atoms with Gasteiger partial charge in [0.1, 0.15) is 12.3 Å². The van der Waals surface area contributed by atoms with Crippen LogP contribution in [0.25, 0.3) is 0 Å². The van der Waals surface area contributed by atoms with E-state index in [1.54, 1.807) is 25.2 Å². The molecule has 0 atom stereocenters. The summed E-state index contributed by atoms with van der Waals surface area (Å²) in [6.45, 7) is 0.987. The van der Waals surface area contributed by atoms with Crippen molar-refractivity contribution in [2.24, 2.45) is 7.05 Å². The van der Waals surface area contributed by atoms with Crippen molar-refractivity contribution in [1.82, 2.24) is 14.8 Å². The molecule has 1 aromatic carbocycles. The molecule has 0 aliphatic carbocycles. The van der Waals surface area contributed by atoms with Gasteiger partial charge in [-0.25, -0.2) is 0 Å². The summed E-state index contributed by atoms with van der Waals surface area (Å²) in [4.78, 5) is 37.8. The second kappa shape index (κ2) is 7.61. The molecule has 0 radical (unpaired) electrons. The van der Waals surface area contributed by atoms with E-state index in [9.17, 15) is 14.4 Å². The third kappa shape index (κ3) is 4.05. The van der Waals surface area contributed by atoms with Crippen molar-refractivity contribution in [1.29, 1.82) is 0 Å². The first kappa shape index (κ1) is 18.0. The molecule has 7 nitrogen and oxygen atoms in total. The Kier molecular flexibility index (Phi) is 5.27. The monoisotopic (exact) mass is 375 g/mol. The van der Waals surface area contributed by atoms with Crippen molar-refractivity contribution in [3.8, 4) is 5.75 Å². The predicted octanol–water partition coefficient (Wildman–Crippen LogP) is 1.19. The minimum Gasteiger partial charge on any atom is -0.483 e. The number of halogens is 1. The quantitative estimate of drug-likeness (QED) is 0.870. The molecule has 1 aliphatic rings. The van der Waals surface area contributed by atoms with E-state index >= 15 is 0 Å². The number of amides is 2. The number of ether oxygens (including phenoxy) is 1. The van der Waals surface area contributed by atoms with E-state index in [2.05, 4.69) is 5.32 Å². The van der Waals surface area contributed by atoms with Crippen molar-refractivity contribution < 1.29 is 14.3 Å². The summed E-state index contributed by atoms with van der Waals surface area (Å²) in [5.74, 6) is -0.433. The van der Waals surface area contributed by atoms with Crippen molar-refractivity contribution in [2.75, 3.05) is 19.6 Å². The Morgan fingerprint density at radius 1 is 1.31 bits per heavy atom. The summed E-state index contributed by atoms with van der Waals surface area (Å²) in [6.07, 6.45) is 1.48. The van der Waals surface area contributed by atoms with Gasteiger partial charge in [0.15, 0.2) is 5.75 Å². The lowest BCUT2D eigenvalue weighted by Crippen LogP contribution is -2.50. The molecule has 0 spiro atoms. The van der Waals surface area contributed by atoms with Gasteiger partial charge in [0.05, 0.1) is 12.7 Å². The maximum absolute atomic E-state index is 12.6. The van der Waals surface area contributed by atoms with Crippen LogP contribution in [-0.2, 0) is 18.4 Å². The smallest absolute Gasteiger partial charge is 0.271 e. The topological polar surface area (TPSA) is 80.6 Å². The van der Waals surface area contributed by atoms with E-state index in [4.69, 9.17) is 16.3 Å². The van der Waals surface area contributed by atoms with Gasteiger partial charge in [0.2, 0.25) is 11.3 Å². The van der Waals surface area contributed by atoms with Crippen molar-refractivity contribution in [3.05, 3.63) is 63.0 Å². The fraction of sp³-hybridized carbons (Fsp3) is 0.278. The van der Waals surface area contributed by atoms with Gasteiger partial charge in [0, 0.05) is 31.2 Å². The third-order valence-electron chi connectivity index (χ3n) is 4.03. The molecule has 0 unspecified atom stereocenters. The van der Waals surface area contributed by atoms with Gasteiger partial charge < -0.3 is 19.5 Å².